The Hall–Kier alpha value is -1.26. The van der Waals surface area contributed by atoms with Crippen LogP contribution >= 0.6 is 11.6 Å². The molecule has 0 spiro atoms. The van der Waals surface area contributed by atoms with Crippen molar-refractivity contribution in [2.75, 3.05) is 19.0 Å². The average Bonchev–Trinajstić information content (AvgIpc) is 2.29. The quantitative estimate of drug-likeness (QED) is 0.777. The van der Waals surface area contributed by atoms with Crippen LogP contribution in [0, 0.1) is 0 Å². The van der Waals surface area contributed by atoms with Gasteiger partial charge in [0.2, 0.25) is 0 Å². The van der Waals surface area contributed by atoms with Crippen molar-refractivity contribution in [1.29, 1.82) is 0 Å². The first-order valence-electron chi connectivity index (χ1n) is 4.92. The highest BCUT2D eigenvalue weighted by atomic mass is 35.5. The first-order chi connectivity index (χ1) is 7.65. The van der Waals surface area contributed by atoms with Crippen molar-refractivity contribution in [2.45, 2.75) is 6.10 Å². The predicted octanol–water partition coefficient (Wildman–Crippen LogP) is 1.94. The molecule has 1 unspecified atom stereocenters. The molecule has 16 heavy (non-hydrogen) atoms. The van der Waals surface area contributed by atoms with Gasteiger partial charge in [0.15, 0.2) is 0 Å². The van der Waals surface area contributed by atoms with Gasteiger partial charge in [0.05, 0.1) is 12.6 Å². The van der Waals surface area contributed by atoms with Crippen LogP contribution in [0.15, 0.2) is 30.3 Å². The summed E-state index contributed by atoms with van der Waals surface area (Å²) in [5.41, 5.74) is 0.698. The Morgan fingerprint density at radius 3 is 2.50 bits per heavy atom. The third-order valence-corrected chi connectivity index (χ3v) is 2.37. The van der Waals surface area contributed by atoms with E-state index in [4.69, 9.17) is 16.7 Å². The average molecular weight is 244 g/mol. The van der Waals surface area contributed by atoms with Crippen molar-refractivity contribution >= 4 is 17.7 Å². The largest absolute Gasteiger partial charge is 0.465 e. The van der Waals surface area contributed by atoms with Crippen LogP contribution in [0.4, 0.5) is 4.79 Å². The zero-order chi connectivity index (χ0) is 12.0. The Kier molecular flexibility index (Phi) is 5.08. The van der Waals surface area contributed by atoms with E-state index in [2.05, 4.69) is 0 Å². The molecule has 0 aromatic heterocycles. The zero-order valence-corrected chi connectivity index (χ0v) is 9.47. The van der Waals surface area contributed by atoms with E-state index >= 15 is 0 Å². The standard InChI is InChI=1S/C11H14ClNO3/c12-6-7-13(11(15)16)8-10(14)9-4-2-1-3-5-9/h1-5,10,14H,6-8H2,(H,15,16). The third kappa shape index (κ3) is 3.72. The Bertz CT molecular complexity index is 331. The smallest absolute Gasteiger partial charge is 0.407 e. The first kappa shape index (κ1) is 12.8. The molecule has 1 rings (SSSR count). The summed E-state index contributed by atoms with van der Waals surface area (Å²) in [5, 5.41) is 18.7. The maximum absolute atomic E-state index is 10.8. The highest BCUT2D eigenvalue weighted by Crippen LogP contribution is 2.13. The van der Waals surface area contributed by atoms with Crippen LogP contribution in [0.1, 0.15) is 11.7 Å². The maximum Gasteiger partial charge on any atom is 0.407 e. The molecule has 0 aliphatic rings. The molecule has 88 valence electrons. The van der Waals surface area contributed by atoms with E-state index in [1.165, 1.54) is 0 Å². The van der Waals surface area contributed by atoms with Crippen molar-refractivity contribution in [3.05, 3.63) is 35.9 Å². The molecule has 1 aromatic carbocycles. The molecule has 0 saturated heterocycles. The van der Waals surface area contributed by atoms with Gasteiger partial charge in [-0.3, -0.25) is 0 Å². The lowest BCUT2D eigenvalue weighted by atomic mass is 10.1. The zero-order valence-electron chi connectivity index (χ0n) is 8.71. The summed E-state index contributed by atoms with van der Waals surface area (Å²) in [6.45, 7) is 0.243. The van der Waals surface area contributed by atoms with Crippen LogP contribution in [-0.4, -0.2) is 40.2 Å². The lowest BCUT2D eigenvalue weighted by Gasteiger charge is -2.21. The molecule has 2 N–H and O–H groups in total. The summed E-state index contributed by atoms with van der Waals surface area (Å²) in [5.74, 6) is 0.216. The first-order valence-corrected chi connectivity index (χ1v) is 5.45. The van der Waals surface area contributed by atoms with E-state index in [9.17, 15) is 9.90 Å². The highest BCUT2D eigenvalue weighted by molar-refractivity contribution is 6.18. The van der Waals surface area contributed by atoms with Gasteiger partial charge in [0.25, 0.3) is 0 Å². The Labute approximate surface area is 99.1 Å². The van der Waals surface area contributed by atoms with Gasteiger partial charge >= 0.3 is 6.09 Å². The van der Waals surface area contributed by atoms with Gasteiger partial charge in [0.1, 0.15) is 0 Å². The molecule has 4 nitrogen and oxygen atoms in total. The Morgan fingerprint density at radius 2 is 2.00 bits per heavy atom. The lowest BCUT2D eigenvalue weighted by molar-refractivity contribution is 0.0996. The summed E-state index contributed by atoms with van der Waals surface area (Å²) < 4.78 is 0. The van der Waals surface area contributed by atoms with E-state index < -0.39 is 12.2 Å². The molecule has 1 aromatic rings. The van der Waals surface area contributed by atoms with Gasteiger partial charge in [-0.1, -0.05) is 30.3 Å². The third-order valence-electron chi connectivity index (χ3n) is 2.20. The number of carbonyl (C=O) groups is 1. The van der Waals surface area contributed by atoms with E-state index in [0.717, 1.165) is 4.90 Å². The van der Waals surface area contributed by atoms with Gasteiger partial charge in [-0.2, -0.15) is 0 Å². The number of nitrogens with zero attached hydrogens (tertiary/aromatic N) is 1. The lowest BCUT2D eigenvalue weighted by Crippen LogP contribution is -2.35. The van der Waals surface area contributed by atoms with Crippen molar-refractivity contribution in [3.8, 4) is 0 Å². The molecule has 0 heterocycles. The number of amides is 1. The van der Waals surface area contributed by atoms with Crippen LogP contribution in [0.5, 0.6) is 0 Å². The number of hydrogen-bond acceptors (Lipinski definition) is 2. The monoisotopic (exact) mass is 243 g/mol. The Morgan fingerprint density at radius 1 is 1.38 bits per heavy atom. The molecular weight excluding hydrogens is 230 g/mol. The van der Waals surface area contributed by atoms with Gasteiger partial charge < -0.3 is 15.1 Å². The molecular formula is C11H14ClNO3. The SMILES string of the molecule is O=C(O)N(CCCl)CC(O)c1ccccc1. The van der Waals surface area contributed by atoms with Gasteiger partial charge in [0, 0.05) is 12.4 Å². The molecule has 0 saturated carbocycles. The highest BCUT2D eigenvalue weighted by Gasteiger charge is 2.16. The van der Waals surface area contributed by atoms with Gasteiger partial charge in [-0.05, 0) is 5.56 Å². The van der Waals surface area contributed by atoms with Gasteiger partial charge in [-0.25, -0.2) is 4.79 Å². The number of alkyl halides is 1. The number of halogens is 1. The number of aliphatic hydroxyl groups is 1. The number of rotatable bonds is 5. The van der Waals surface area contributed by atoms with Crippen LogP contribution in [0.2, 0.25) is 0 Å². The number of aliphatic hydroxyl groups excluding tert-OH is 1. The molecule has 5 heteroatoms. The fourth-order valence-electron chi connectivity index (χ4n) is 1.36. The van der Waals surface area contributed by atoms with Gasteiger partial charge in [-0.15, -0.1) is 11.6 Å². The summed E-state index contributed by atoms with van der Waals surface area (Å²) in [7, 11) is 0. The maximum atomic E-state index is 10.8. The fraction of sp³-hybridized carbons (Fsp3) is 0.364. The number of hydrogen-bond donors (Lipinski definition) is 2. The summed E-state index contributed by atoms with van der Waals surface area (Å²) in [6, 6.07) is 8.94. The van der Waals surface area contributed by atoms with Crippen LogP contribution < -0.4 is 0 Å². The minimum atomic E-state index is -1.07. The molecule has 0 fully saturated rings. The topological polar surface area (TPSA) is 60.8 Å². The molecule has 0 aliphatic heterocycles. The van der Waals surface area contributed by atoms with E-state index in [1.807, 2.05) is 6.07 Å². The van der Waals surface area contributed by atoms with E-state index in [0.29, 0.717) is 5.56 Å². The van der Waals surface area contributed by atoms with Crippen molar-refractivity contribution in [2.24, 2.45) is 0 Å². The number of benzene rings is 1. The fourth-order valence-corrected chi connectivity index (χ4v) is 1.56. The van der Waals surface area contributed by atoms with E-state index in [-0.39, 0.29) is 19.0 Å². The molecule has 1 atom stereocenters. The normalized spacial score (nSPS) is 12.1. The summed E-state index contributed by atoms with van der Waals surface area (Å²) in [6.07, 6.45) is -1.89. The van der Waals surface area contributed by atoms with E-state index in [1.54, 1.807) is 24.3 Å². The molecule has 0 aliphatic carbocycles. The molecule has 1 amide bonds. The second kappa shape index (κ2) is 6.35. The summed E-state index contributed by atoms with van der Waals surface area (Å²) >= 11 is 5.48. The molecule has 0 bridgehead atoms. The van der Waals surface area contributed by atoms with Crippen LogP contribution in [0.25, 0.3) is 0 Å². The molecule has 0 radical (unpaired) electrons. The van der Waals surface area contributed by atoms with Crippen LogP contribution in [-0.2, 0) is 0 Å². The predicted molar refractivity (Wildman–Crippen MR) is 61.7 cm³/mol. The van der Waals surface area contributed by atoms with Crippen molar-refractivity contribution < 1.29 is 15.0 Å². The van der Waals surface area contributed by atoms with Crippen LogP contribution in [0.3, 0.4) is 0 Å². The Balaban J connectivity index is 2.61. The number of carboxylic acid groups (broad SMARTS) is 1. The second-order valence-electron chi connectivity index (χ2n) is 3.34. The van der Waals surface area contributed by atoms with Crippen molar-refractivity contribution in [1.82, 2.24) is 4.90 Å². The minimum Gasteiger partial charge on any atom is -0.465 e. The summed E-state index contributed by atoms with van der Waals surface area (Å²) in [4.78, 5) is 11.9. The second-order valence-corrected chi connectivity index (χ2v) is 3.72. The van der Waals surface area contributed by atoms with Crippen molar-refractivity contribution in [3.63, 3.8) is 0 Å². The minimum absolute atomic E-state index is 0.0338.